The molecule has 1 amide bonds. The van der Waals surface area contributed by atoms with Gasteiger partial charge in [-0.15, -0.1) is 0 Å². The molecule has 8 nitrogen and oxygen atoms in total. The third-order valence-corrected chi connectivity index (χ3v) is 4.02. The van der Waals surface area contributed by atoms with Gasteiger partial charge >= 0.3 is 6.18 Å². The number of hydrogen-bond donors (Lipinski definition) is 2. The molecule has 0 unspecified atom stereocenters. The number of rotatable bonds is 7. The number of aromatic nitrogens is 3. The second-order valence-electron chi connectivity index (χ2n) is 6.05. The van der Waals surface area contributed by atoms with E-state index < -0.39 is 17.6 Å². The van der Waals surface area contributed by atoms with Crippen molar-refractivity contribution in [2.45, 2.75) is 6.18 Å². The predicted octanol–water partition coefficient (Wildman–Crippen LogP) is 3.15. The van der Waals surface area contributed by atoms with Gasteiger partial charge in [0.1, 0.15) is 35.2 Å². The number of methoxy groups -OCH3 is 1. The van der Waals surface area contributed by atoms with Gasteiger partial charge in [0.25, 0.3) is 5.91 Å². The summed E-state index contributed by atoms with van der Waals surface area (Å²) in [5.41, 5.74) is 5.71. The molecule has 0 atom stereocenters. The van der Waals surface area contributed by atoms with Gasteiger partial charge < -0.3 is 20.5 Å². The Hall–Kier alpha value is -3.60. The van der Waals surface area contributed by atoms with E-state index in [4.69, 9.17) is 15.2 Å². The smallest absolute Gasteiger partial charge is 0.417 e. The molecule has 3 aromatic rings. The normalized spacial score (nSPS) is 11.3. The molecule has 2 heterocycles. The van der Waals surface area contributed by atoms with Gasteiger partial charge in [0.05, 0.1) is 18.4 Å². The number of nitrogens with one attached hydrogen (secondary N) is 1. The topological polar surface area (TPSA) is 104 Å². The van der Waals surface area contributed by atoms with Crippen LogP contribution in [0.25, 0.3) is 5.69 Å². The second-order valence-corrected chi connectivity index (χ2v) is 6.05. The highest BCUT2D eigenvalue weighted by molar-refractivity contribution is 6.06. The van der Waals surface area contributed by atoms with Gasteiger partial charge in [0.15, 0.2) is 0 Å². The van der Waals surface area contributed by atoms with Gasteiger partial charge in [-0.05, 0) is 24.3 Å². The number of nitrogen functional groups attached to an aromatic ring is 1. The summed E-state index contributed by atoms with van der Waals surface area (Å²) >= 11 is 0. The highest BCUT2D eigenvalue weighted by Crippen LogP contribution is 2.29. The van der Waals surface area contributed by atoms with E-state index in [1.165, 1.54) is 10.9 Å². The molecule has 3 rings (SSSR count). The van der Waals surface area contributed by atoms with Crippen molar-refractivity contribution in [2.75, 3.05) is 31.4 Å². The van der Waals surface area contributed by atoms with Crippen LogP contribution in [0, 0.1) is 0 Å². The number of ether oxygens (including phenoxy) is 2. The van der Waals surface area contributed by atoms with E-state index in [1.54, 1.807) is 31.4 Å². The number of halogens is 3. The van der Waals surface area contributed by atoms with E-state index in [0.29, 0.717) is 30.8 Å². The number of pyridine rings is 1. The average molecular weight is 421 g/mol. The van der Waals surface area contributed by atoms with Crippen LogP contribution >= 0.6 is 0 Å². The van der Waals surface area contributed by atoms with Crippen molar-refractivity contribution < 1.29 is 27.4 Å². The van der Waals surface area contributed by atoms with Crippen LogP contribution in [0.5, 0.6) is 5.75 Å². The third kappa shape index (κ3) is 4.69. The molecule has 0 radical (unpaired) electrons. The lowest BCUT2D eigenvalue weighted by molar-refractivity contribution is -0.137. The van der Waals surface area contributed by atoms with Crippen molar-refractivity contribution in [3.05, 3.63) is 59.9 Å². The molecule has 11 heteroatoms. The standard InChI is InChI=1S/C19H18F3N5O3/c1-29-8-9-30-15-5-3-2-4-14(15)27-17(23)13(11-25-27)18(28)26-16-7-6-12(10-24-16)19(20,21)22/h2-7,10-11H,8-9,23H2,1H3,(H,24,26,28). The maximum Gasteiger partial charge on any atom is 0.417 e. The molecule has 2 aromatic heterocycles. The van der Waals surface area contributed by atoms with Crippen LogP contribution in [0.4, 0.5) is 24.8 Å². The number of anilines is 2. The lowest BCUT2D eigenvalue weighted by Crippen LogP contribution is -2.15. The summed E-state index contributed by atoms with van der Waals surface area (Å²) in [6, 6.07) is 8.84. The first-order valence-electron chi connectivity index (χ1n) is 8.70. The second kappa shape index (κ2) is 8.82. The van der Waals surface area contributed by atoms with Crippen molar-refractivity contribution in [1.82, 2.24) is 14.8 Å². The van der Waals surface area contributed by atoms with Gasteiger partial charge in [0, 0.05) is 13.3 Å². The van der Waals surface area contributed by atoms with E-state index in [0.717, 1.165) is 12.1 Å². The van der Waals surface area contributed by atoms with Gasteiger partial charge in [0.2, 0.25) is 0 Å². The predicted molar refractivity (Wildman–Crippen MR) is 103 cm³/mol. The van der Waals surface area contributed by atoms with Crippen LogP contribution in [0.2, 0.25) is 0 Å². The van der Waals surface area contributed by atoms with Crippen LogP contribution in [-0.4, -0.2) is 41.0 Å². The van der Waals surface area contributed by atoms with Crippen LogP contribution in [-0.2, 0) is 10.9 Å². The van der Waals surface area contributed by atoms with Crippen molar-refractivity contribution in [3.63, 3.8) is 0 Å². The Bertz CT molecular complexity index is 1020. The van der Waals surface area contributed by atoms with E-state index >= 15 is 0 Å². The van der Waals surface area contributed by atoms with Crippen LogP contribution in [0.1, 0.15) is 15.9 Å². The summed E-state index contributed by atoms with van der Waals surface area (Å²) in [6.45, 7) is 0.693. The van der Waals surface area contributed by atoms with Crippen LogP contribution in [0.15, 0.2) is 48.8 Å². The molecule has 1 aromatic carbocycles. The number of carbonyl (C=O) groups is 1. The van der Waals surface area contributed by atoms with Gasteiger partial charge in [-0.3, -0.25) is 4.79 Å². The summed E-state index contributed by atoms with van der Waals surface area (Å²) in [7, 11) is 1.55. The molecule has 0 spiro atoms. The van der Waals surface area contributed by atoms with Crippen molar-refractivity contribution in [2.24, 2.45) is 0 Å². The zero-order valence-corrected chi connectivity index (χ0v) is 15.8. The minimum atomic E-state index is -4.51. The molecule has 0 aliphatic heterocycles. The molecule has 0 saturated heterocycles. The lowest BCUT2D eigenvalue weighted by atomic mass is 10.2. The van der Waals surface area contributed by atoms with Crippen LogP contribution < -0.4 is 15.8 Å². The Morgan fingerprint density at radius 3 is 2.60 bits per heavy atom. The Balaban J connectivity index is 1.79. The fraction of sp³-hybridized carbons (Fsp3) is 0.211. The molecule has 0 bridgehead atoms. The minimum absolute atomic E-state index is 0.0298. The fourth-order valence-corrected chi connectivity index (χ4v) is 2.53. The molecule has 0 saturated carbocycles. The number of amides is 1. The fourth-order valence-electron chi connectivity index (χ4n) is 2.53. The molecule has 30 heavy (non-hydrogen) atoms. The number of carbonyl (C=O) groups excluding carboxylic acids is 1. The number of nitrogens with two attached hydrogens (primary N) is 1. The van der Waals surface area contributed by atoms with Crippen molar-refractivity contribution in [1.29, 1.82) is 0 Å². The number of alkyl halides is 3. The molecular formula is C19H18F3N5O3. The zero-order valence-electron chi connectivity index (χ0n) is 15.8. The Morgan fingerprint density at radius 2 is 1.93 bits per heavy atom. The molecule has 3 N–H and O–H groups in total. The summed E-state index contributed by atoms with van der Waals surface area (Å²) in [5.74, 6) is -0.199. The first kappa shape index (κ1) is 21.1. The average Bonchev–Trinajstić information content (AvgIpc) is 3.09. The maximum atomic E-state index is 12.6. The Morgan fingerprint density at radius 1 is 1.17 bits per heavy atom. The molecular weight excluding hydrogens is 403 g/mol. The number of para-hydroxylation sites is 2. The molecule has 0 aliphatic carbocycles. The highest BCUT2D eigenvalue weighted by atomic mass is 19.4. The summed E-state index contributed by atoms with van der Waals surface area (Å²) in [6.07, 6.45) is -2.63. The first-order chi connectivity index (χ1) is 14.3. The molecule has 0 fully saturated rings. The summed E-state index contributed by atoms with van der Waals surface area (Å²) < 4.78 is 49.8. The Labute approximate surface area is 169 Å². The van der Waals surface area contributed by atoms with E-state index in [9.17, 15) is 18.0 Å². The van der Waals surface area contributed by atoms with E-state index in [1.807, 2.05) is 0 Å². The van der Waals surface area contributed by atoms with Crippen molar-refractivity contribution in [3.8, 4) is 11.4 Å². The first-order valence-corrected chi connectivity index (χ1v) is 8.70. The minimum Gasteiger partial charge on any atom is -0.489 e. The SMILES string of the molecule is COCCOc1ccccc1-n1ncc(C(=O)Nc2ccc(C(F)(F)F)cn2)c1N. The maximum absolute atomic E-state index is 12.6. The number of hydrogen-bond acceptors (Lipinski definition) is 6. The van der Waals surface area contributed by atoms with E-state index in [-0.39, 0.29) is 17.2 Å². The van der Waals surface area contributed by atoms with Crippen molar-refractivity contribution >= 4 is 17.5 Å². The summed E-state index contributed by atoms with van der Waals surface area (Å²) in [4.78, 5) is 16.1. The molecule has 0 aliphatic rings. The highest BCUT2D eigenvalue weighted by Gasteiger charge is 2.30. The van der Waals surface area contributed by atoms with Gasteiger partial charge in [-0.25, -0.2) is 9.67 Å². The quantitative estimate of drug-likeness (QED) is 0.568. The van der Waals surface area contributed by atoms with Gasteiger partial charge in [-0.2, -0.15) is 18.3 Å². The summed E-state index contributed by atoms with van der Waals surface area (Å²) in [5, 5.41) is 6.53. The number of benzene rings is 1. The number of nitrogens with zero attached hydrogens (tertiary/aromatic N) is 3. The Kier molecular flexibility index (Phi) is 6.21. The van der Waals surface area contributed by atoms with Crippen LogP contribution in [0.3, 0.4) is 0 Å². The third-order valence-electron chi connectivity index (χ3n) is 4.02. The van der Waals surface area contributed by atoms with Gasteiger partial charge in [-0.1, -0.05) is 12.1 Å². The monoisotopic (exact) mass is 421 g/mol. The molecule has 158 valence electrons. The lowest BCUT2D eigenvalue weighted by Gasteiger charge is -2.12. The largest absolute Gasteiger partial charge is 0.489 e. The van der Waals surface area contributed by atoms with E-state index in [2.05, 4.69) is 15.4 Å². The zero-order chi connectivity index (χ0) is 21.7.